The van der Waals surface area contributed by atoms with E-state index in [1.165, 1.54) is 0 Å². The van der Waals surface area contributed by atoms with Crippen molar-refractivity contribution in [3.05, 3.63) is 61.3 Å². The van der Waals surface area contributed by atoms with Gasteiger partial charge >= 0.3 is 0 Å². The average Bonchev–Trinajstić information content (AvgIpc) is 3.05. The molecule has 0 aliphatic carbocycles. The van der Waals surface area contributed by atoms with Crippen molar-refractivity contribution in [2.45, 2.75) is 0 Å². The summed E-state index contributed by atoms with van der Waals surface area (Å²) in [6.07, 6.45) is 9.07. The molecule has 3 aromatic heterocycles. The van der Waals surface area contributed by atoms with Crippen LogP contribution in [0.25, 0.3) is 5.82 Å². The van der Waals surface area contributed by atoms with Crippen molar-refractivity contribution < 1.29 is 17.1 Å². The van der Waals surface area contributed by atoms with Gasteiger partial charge in [-0.15, -0.1) is 5.10 Å². The first-order valence-corrected chi connectivity index (χ1v) is 4.81. The molecule has 0 fully saturated rings. The Kier molecular flexibility index (Phi) is 5.71. The maximum Gasteiger partial charge on any atom is 0.178 e. The Labute approximate surface area is 109 Å². The van der Waals surface area contributed by atoms with Crippen LogP contribution in [0.2, 0.25) is 0 Å². The zero-order chi connectivity index (χ0) is 11.1. The molecule has 1 N–H and O–H groups in total. The minimum Gasteiger partial charge on any atom is -0.306 e. The van der Waals surface area contributed by atoms with Crippen molar-refractivity contribution in [3.63, 3.8) is 0 Å². The molecule has 0 aliphatic heterocycles. The van der Waals surface area contributed by atoms with Crippen LogP contribution >= 0.6 is 0 Å². The quantitative estimate of drug-likeness (QED) is 0.688. The van der Waals surface area contributed by atoms with E-state index in [4.69, 9.17) is 0 Å². The van der Waals surface area contributed by atoms with Crippen LogP contribution in [-0.2, 0) is 17.1 Å². The third kappa shape index (κ3) is 4.22. The van der Waals surface area contributed by atoms with Crippen LogP contribution in [0.15, 0.2) is 61.3 Å². The summed E-state index contributed by atoms with van der Waals surface area (Å²) in [5.74, 6) is 0.810. The molecule has 0 atom stereocenters. The zero-order valence-corrected chi connectivity index (χ0v) is 9.81. The van der Waals surface area contributed by atoms with E-state index in [9.17, 15) is 0 Å². The van der Waals surface area contributed by atoms with Crippen LogP contribution in [-0.4, -0.2) is 25.0 Å². The molecule has 0 saturated carbocycles. The molecule has 3 heterocycles. The number of nitrogens with zero attached hydrogens (tertiary/aromatic N) is 4. The van der Waals surface area contributed by atoms with Gasteiger partial charge in [-0.25, -0.2) is 0 Å². The third-order valence-corrected chi connectivity index (χ3v) is 1.84. The van der Waals surface area contributed by atoms with Crippen molar-refractivity contribution in [2.24, 2.45) is 0 Å². The number of aromatic nitrogens is 5. The van der Waals surface area contributed by atoms with Crippen LogP contribution in [0.1, 0.15) is 0 Å². The molecule has 3 rings (SSSR count). The van der Waals surface area contributed by atoms with Crippen LogP contribution < -0.4 is 0 Å². The molecule has 0 spiro atoms. The number of rotatable bonds is 1. The molecule has 0 unspecified atom stereocenters. The number of aromatic amines is 1. The first kappa shape index (κ1) is 13.2. The van der Waals surface area contributed by atoms with Crippen molar-refractivity contribution in [1.29, 1.82) is 0 Å². The van der Waals surface area contributed by atoms with Crippen molar-refractivity contribution >= 4 is 0 Å². The molecular weight excluding hydrogens is 266 g/mol. The molecule has 91 valence electrons. The van der Waals surface area contributed by atoms with Gasteiger partial charge < -0.3 is 4.57 Å². The second-order valence-corrected chi connectivity index (χ2v) is 2.95. The van der Waals surface area contributed by atoms with Gasteiger partial charge in [-0.2, -0.15) is 0 Å². The standard InChI is InChI=1S/C6H6N4.C5H5N.Cu/c1-2-4-10(3-1)6-5-7-9-8-6;1-2-4-6-5-3-1;/h1-5H,(H,7,8,9);1-5H;. The Morgan fingerprint density at radius 2 is 1.65 bits per heavy atom. The minimum atomic E-state index is 0. The van der Waals surface area contributed by atoms with E-state index in [0.29, 0.717) is 0 Å². The van der Waals surface area contributed by atoms with E-state index < -0.39 is 0 Å². The summed E-state index contributed by atoms with van der Waals surface area (Å²) in [6.45, 7) is 0. The molecule has 0 aromatic carbocycles. The maximum atomic E-state index is 3.82. The summed E-state index contributed by atoms with van der Waals surface area (Å²) in [5, 5.41) is 10.0. The van der Waals surface area contributed by atoms with Gasteiger partial charge in [-0.05, 0) is 24.3 Å². The Bertz CT molecular complexity index is 419. The average molecular weight is 277 g/mol. The minimum absolute atomic E-state index is 0. The van der Waals surface area contributed by atoms with Crippen molar-refractivity contribution in [1.82, 2.24) is 25.0 Å². The van der Waals surface area contributed by atoms with E-state index in [1.807, 2.05) is 47.3 Å². The van der Waals surface area contributed by atoms with Gasteiger partial charge in [0.15, 0.2) is 5.82 Å². The van der Waals surface area contributed by atoms with Gasteiger partial charge in [0, 0.05) is 41.9 Å². The third-order valence-electron chi connectivity index (χ3n) is 1.84. The van der Waals surface area contributed by atoms with Crippen molar-refractivity contribution in [2.75, 3.05) is 0 Å². The summed E-state index contributed by atoms with van der Waals surface area (Å²) < 4.78 is 1.88. The van der Waals surface area contributed by atoms with Crippen molar-refractivity contribution in [3.8, 4) is 5.82 Å². The molecular formula is C11H11CuN5. The molecule has 0 amide bonds. The van der Waals surface area contributed by atoms with Crippen LogP contribution in [0, 0.1) is 0 Å². The van der Waals surface area contributed by atoms with Gasteiger partial charge in [0.05, 0.1) is 6.20 Å². The molecule has 0 bridgehead atoms. The first-order valence-electron chi connectivity index (χ1n) is 4.81. The SMILES string of the molecule is [Cu].c1ccn(-c2c[nH]nn2)c1.c1ccncc1. The van der Waals surface area contributed by atoms with Crippen LogP contribution in [0.4, 0.5) is 0 Å². The van der Waals surface area contributed by atoms with E-state index in [-0.39, 0.29) is 17.1 Å². The number of hydrogen-bond acceptors (Lipinski definition) is 3. The van der Waals surface area contributed by atoms with Crippen LogP contribution in [0.3, 0.4) is 0 Å². The van der Waals surface area contributed by atoms with Gasteiger partial charge in [0.1, 0.15) is 0 Å². The molecule has 5 nitrogen and oxygen atoms in total. The smallest absolute Gasteiger partial charge is 0.178 e. The van der Waals surface area contributed by atoms with Gasteiger partial charge in [-0.3, -0.25) is 10.1 Å². The largest absolute Gasteiger partial charge is 0.306 e. The second-order valence-electron chi connectivity index (χ2n) is 2.95. The number of hydrogen-bond donors (Lipinski definition) is 1. The summed E-state index contributed by atoms with van der Waals surface area (Å²) >= 11 is 0. The summed E-state index contributed by atoms with van der Waals surface area (Å²) in [6, 6.07) is 9.59. The molecule has 0 aliphatic rings. The van der Waals surface area contributed by atoms with E-state index in [2.05, 4.69) is 20.4 Å². The van der Waals surface area contributed by atoms with Gasteiger partial charge in [0.2, 0.25) is 0 Å². The van der Waals surface area contributed by atoms with Gasteiger partial charge in [0.25, 0.3) is 0 Å². The Morgan fingerprint density at radius 1 is 0.941 bits per heavy atom. The van der Waals surface area contributed by atoms with E-state index in [0.717, 1.165) is 5.82 Å². The Balaban J connectivity index is 0.000000180. The molecule has 17 heavy (non-hydrogen) atoms. The summed E-state index contributed by atoms with van der Waals surface area (Å²) in [5.41, 5.74) is 0. The first-order chi connectivity index (χ1) is 7.97. The number of H-pyrrole nitrogens is 1. The van der Waals surface area contributed by atoms with Gasteiger partial charge in [-0.1, -0.05) is 11.3 Å². The predicted molar refractivity (Wildman–Crippen MR) is 59.9 cm³/mol. The second kappa shape index (κ2) is 7.38. The zero-order valence-electron chi connectivity index (χ0n) is 8.86. The molecule has 1 radical (unpaired) electrons. The fraction of sp³-hybridized carbons (Fsp3) is 0. The number of nitrogens with one attached hydrogen (secondary N) is 1. The van der Waals surface area contributed by atoms with E-state index >= 15 is 0 Å². The summed E-state index contributed by atoms with van der Waals surface area (Å²) in [7, 11) is 0. The Hall–Kier alpha value is -1.91. The molecule has 0 saturated heterocycles. The molecule has 6 heteroatoms. The van der Waals surface area contributed by atoms with E-state index in [1.54, 1.807) is 18.6 Å². The fourth-order valence-corrected chi connectivity index (χ4v) is 1.12. The maximum absolute atomic E-state index is 3.82. The molecule has 3 aromatic rings. The monoisotopic (exact) mass is 276 g/mol. The number of pyridine rings is 1. The van der Waals surface area contributed by atoms with Crippen LogP contribution in [0.5, 0.6) is 0 Å². The summed E-state index contributed by atoms with van der Waals surface area (Å²) in [4.78, 5) is 3.78. The Morgan fingerprint density at radius 3 is 2.06 bits per heavy atom. The fourth-order valence-electron chi connectivity index (χ4n) is 1.12. The predicted octanol–water partition coefficient (Wildman–Crippen LogP) is 1.67. The topological polar surface area (TPSA) is 59.4 Å². The normalized spacial score (nSPS) is 8.71.